The van der Waals surface area contributed by atoms with E-state index in [-0.39, 0.29) is 17.5 Å². The minimum Gasteiger partial charge on any atom is -0.437 e. The molecule has 0 aliphatic heterocycles. The number of nitrogens with zero attached hydrogens (tertiary/aromatic N) is 5. The van der Waals surface area contributed by atoms with Crippen LogP contribution in [0.4, 0.5) is 19.0 Å². The molecule has 1 amide bonds. The average molecular weight is 445 g/mol. The van der Waals surface area contributed by atoms with Gasteiger partial charge in [0.25, 0.3) is 0 Å². The number of alkyl halides is 3. The molecule has 0 spiro atoms. The fraction of sp³-hybridized carbons (Fsp3) is 0.273. The van der Waals surface area contributed by atoms with Crippen molar-refractivity contribution in [3.05, 3.63) is 60.6 Å². The molecule has 0 bridgehead atoms. The van der Waals surface area contributed by atoms with Gasteiger partial charge in [-0.2, -0.15) is 18.2 Å². The van der Waals surface area contributed by atoms with Gasteiger partial charge in [-0.25, -0.2) is 0 Å². The van der Waals surface area contributed by atoms with Crippen LogP contribution >= 0.6 is 0 Å². The molecule has 0 saturated heterocycles. The molecule has 3 rings (SSSR count). The molecule has 0 N–H and O–H groups in total. The number of carbonyl (C=O) groups is 1. The molecule has 32 heavy (non-hydrogen) atoms. The van der Waals surface area contributed by atoms with Gasteiger partial charge in [0.2, 0.25) is 11.8 Å². The zero-order valence-corrected chi connectivity index (χ0v) is 17.8. The molecule has 0 unspecified atom stereocenters. The first kappa shape index (κ1) is 23.0. The number of likely N-dealkylation sites (N-methyl/N-ethyl adjacent to an activating group) is 2. The first-order valence-electron chi connectivity index (χ1n) is 9.70. The van der Waals surface area contributed by atoms with Gasteiger partial charge in [-0.3, -0.25) is 14.8 Å². The summed E-state index contributed by atoms with van der Waals surface area (Å²) >= 11 is 0. The van der Waals surface area contributed by atoms with E-state index >= 15 is 0 Å². The number of carbonyl (C=O) groups excluding carboxylic acids is 1. The van der Waals surface area contributed by atoms with E-state index in [0.717, 1.165) is 18.3 Å². The van der Waals surface area contributed by atoms with Gasteiger partial charge in [0.15, 0.2) is 5.82 Å². The van der Waals surface area contributed by atoms with Gasteiger partial charge in [0, 0.05) is 45.9 Å². The topological polar surface area (TPSA) is 71.5 Å². The smallest absolute Gasteiger partial charge is 0.416 e. The normalized spacial score (nSPS) is 11.2. The fourth-order valence-corrected chi connectivity index (χ4v) is 2.72. The highest BCUT2D eigenvalue weighted by Gasteiger charge is 2.30. The van der Waals surface area contributed by atoms with E-state index < -0.39 is 11.7 Å². The lowest BCUT2D eigenvalue weighted by molar-refractivity contribution is -0.137. The van der Waals surface area contributed by atoms with Gasteiger partial charge in [0.05, 0.1) is 23.7 Å². The van der Waals surface area contributed by atoms with E-state index in [4.69, 9.17) is 4.74 Å². The Morgan fingerprint density at radius 3 is 2.44 bits per heavy atom. The molecule has 7 nitrogen and oxygen atoms in total. The minimum atomic E-state index is -4.43. The summed E-state index contributed by atoms with van der Waals surface area (Å²) in [6.45, 7) is 2.60. The van der Waals surface area contributed by atoms with E-state index in [2.05, 4.69) is 15.0 Å². The van der Waals surface area contributed by atoms with Crippen LogP contribution < -0.4 is 9.64 Å². The molecule has 0 radical (unpaired) electrons. The van der Waals surface area contributed by atoms with Crippen molar-refractivity contribution in [2.24, 2.45) is 0 Å². The van der Waals surface area contributed by atoms with Crippen molar-refractivity contribution < 1.29 is 22.7 Å². The van der Waals surface area contributed by atoms with Crippen molar-refractivity contribution in [3.63, 3.8) is 0 Å². The predicted octanol–water partition coefficient (Wildman–Crippen LogP) is 4.26. The number of amides is 1. The minimum absolute atomic E-state index is 0.0228. The second-order valence-corrected chi connectivity index (χ2v) is 7.13. The lowest BCUT2D eigenvalue weighted by atomic mass is 10.1. The van der Waals surface area contributed by atoms with Crippen molar-refractivity contribution in [3.8, 4) is 22.9 Å². The summed E-state index contributed by atoms with van der Waals surface area (Å²) in [5.41, 5.74) is -0.0172. The van der Waals surface area contributed by atoms with Crippen LogP contribution in [-0.4, -0.2) is 52.9 Å². The third-order valence-corrected chi connectivity index (χ3v) is 4.76. The Kier molecular flexibility index (Phi) is 6.92. The highest BCUT2D eigenvalue weighted by atomic mass is 19.4. The summed E-state index contributed by atoms with van der Waals surface area (Å²) < 4.78 is 44.5. The maximum absolute atomic E-state index is 12.9. The summed E-state index contributed by atoms with van der Waals surface area (Å²) in [4.78, 5) is 27.3. The second-order valence-electron chi connectivity index (χ2n) is 7.13. The van der Waals surface area contributed by atoms with Gasteiger partial charge in [0.1, 0.15) is 5.75 Å². The highest BCUT2D eigenvalue weighted by molar-refractivity contribution is 5.72. The number of hydrogen-bond acceptors (Lipinski definition) is 6. The zero-order chi connectivity index (χ0) is 23.3. The maximum Gasteiger partial charge on any atom is 0.416 e. The van der Waals surface area contributed by atoms with Crippen LogP contribution in [0.3, 0.4) is 0 Å². The number of hydrogen-bond donors (Lipinski definition) is 0. The molecular weight excluding hydrogens is 423 g/mol. The summed E-state index contributed by atoms with van der Waals surface area (Å²) in [5, 5.41) is 0. The Bertz CT molecular complexity index is 1070. The predicted molar refractivity (Wildman–Crippen MR) is 113 cm³/mol. The number of halogens is 3. The van der Waals surface area contributed by atoms with E-state index in [9.17, 15) is 18.0 Å². The molecule has 1 aromatic carbocycles. The number of rotatable bonds is 7. The number of ether oxygens (including phenoxy) is 1. The van der Waals surface area contributed by atoms with Gasteiger partial charge >= 0.3 is 6.18 Å². The van der Waals surface area contributed by atoms with Crippen LogP contribution in [0, 0.1) is 0 Å². The lowest BCUT2D eigenvalue weighted by Gasteiger charge is -2.22. The van der Waals surface area contributed by atoms with Crippen molar-refractivity contribution in [2.45, 2.75) is 13.1 Å². The summed E-state index contributed by atoms with van der Waals surface area (Å²) in [6.07, 6.45) is -0.252. The molecule has 10 heteroatoms. The van der Waals surface area contributed by atoms with E-state index in [1.807, 2.05) is 11.9 Å². The first-order valence-corrected chi connectivity index (χ1v) is 9.70. The molecule has 0 aliphatic rings. The van der Waals surface area contributed by atoms with Crippen molar-refractivity contribution >= 4 is 11.7 Å². The Balaban J connectivity index is 1.68. The second kappa shape index (κ2) is 9.63. The van der Waals surface area contributed by atoms with Crippen LogP contribution in [0.15, 0.2) is 55.0 Å². The standard InChI is InChI=1S/C22H22F3N5O2/c1-15(31)29(2)10-11-30(3)20-13-26-14-21(28-20)32-18-6-4-16(5-7-18)19-12-17(8-9-27-19)22(23,24)25/h4-9,12-14H,10-11H2,1-3H3. The number of benzene rings is 1. The molecule has 2 aromatic heterocycles. The third-order valence-electron chi connectivity index (χ3n) is 4.76. The molecule has 0 atom stereocenters. The molecular formula is C22H22F3N5O2. The maximum atomic E-state index is 12.9. The summed E-state index contributed by atoms with van der Waals surface area (Å²) in [6, 6.07) is 8.43. The van der Waals surface area contributed by atoms with Gasteiger partial charge < -0.3 is 14.5 Å². The molecule has 0 aliphatic carbocycles. The SMILES string of the molecule is CC(=O)N(C)CCN(C)c1cncc(Oc2ccc(-c3cc(C(F)(F)F)ccn3)cc2)n1. The third kappa shape index (κ3) is 5.93. The Morgan fingerprint density at radius 1 is 1.06 bits per heavy atom. The van der Waals surface area contributed by atoms with Crippen LogP contribution in [0.2, 0.25) is 0 Å². The number of pyridine rings is 1. The molecule has 3 aromatic rings. The first-order chi connectivity index (χ1) is 15.1. The van der Waals surface area contributed by atoms with Gasteiger partial charge in [-0.1, -0.05) is 0 Å². The lowest BCUT2D eigenvalue weighted by Crippen LogP contribution is -2.33. The fourth-order valence-electron chi connectivity index (χ4n) is 2.72. The van der Waals surface area contributed by atoms with E-state index in [0.29, 0.717) is 30.2 Å². The number of anilines is 1. The molecule has 168 valence electrons. The average Bonchev–Trinajstić information content (AvgIpc) is 2.77. The quantitative estimate of drug-likeness (QED) is 0.541. The van der Waals surface area contributed by atoms with Gasteiger partial charge in [-0.15, -0.1) is 0 Å². The van der Waals surface area contributed by atoms with Crippen molar-refractivity contribution in [1.82, 2.24) is 19.9 Å². The number of aromatic nitrogens is 3. The molecule has 2 heterocycles. The van der Waals surface area contributed by atoms with E-state index in [1.165, 1.54) is 13.1 Å². The van der Waals surface area contributed by atoms with Crippen molar-refractivity contribution in [2.75, 3.05) is 32.1 Å². The molecule has 0 saturated carbocycles. The van der Waals surface area contributed by atoms with Gasteiger partial charge in [-0.05, 0) is 36.4 Å². The van der Waals surface area contributed by atoms with Crippen molar-refractivity contribution in [1.29, 1.82) is 0 Å². The van der Waals surface area contributed by atoms with Crippen LogP contribution in [-0.2, 0) is 11.0 Å². The van der Waals surface area contributed by atoms with Crippen LogP contribution in [0.25, 0.3) is 11.3 Å². The summed E-state index contributed by atoms with van der Waals surface area (Å²) in [5.74, 6) is 1.26. The highest BCUT2D eigenvalue weighted by Crippen LogP contribution is 2.32. The zero-order valence-electron chi connectivity index (χ0n) is 17.8. The molecule has 0 fully saturated rings. The van der Waals surface area contributed by atoms with Crippen LogP contribution in [0.5, 0.6) is 11.6 Å². The summed E-state index contributed by atoms with van der Waals surface area (Å²) in [7, 11) is 3.55. The van der Waals surface area contributed by atoms with E-state index in [1.54, 1.807) is 42.4 Å². The monoisotopic (exact) mass is 445 g/mol. The van der Waals surface area contributed by atoms with Crippen LogP contribution in [0.1, 0.15) is 12.5 Å². The Morgan fingerprint density at radius 2 is 1.78 bits per heavy atom. The Hall–Kier alpha value is -3.69. The Labute approximate surface area is 183 Å². The largest absolute Gasteiger partial charge is 0.437 e.